The molecule has 2 atom stereocenters. The number of rotatable bonds is 9. The lowest BCUT2D eigenvalue weighted by Crippen LogP contribution is -2.50. The van der Waals surface area contributed by atoms with Crippen molar-refractivity contribution in [3.8, 4) is 11.1 Å². The fraction of sp³-hybridized carbons (Fsp3) is 0.333. The third kappa shape index (κ3) is 5.95. The van der Waals surface area contributed by atoms with E-state index in [0.717, 1.165) is 21.7 Å². The zero-order valence-corrected chi connectivity index (χ0v) is 18.6. The maximum absolute atomic E-state index is 13.2. The fourth-order valence-electron chi connectivity index (χ4n) is 4.04. The molecule has 33 heavy (non-hydrogen) atoms. The molecule has 3 rings (SSSR count). The summed E-state index contributed by atoms with van der Waals surface area (Å²) in [7, 11) is 0. The number of hydrogen-bond acceptors (Lipinski definition) is 5. The molecule has 1 aliphatic heterocycles. The third-order valence-electron chi connectivity index (χ3n) is 5.58. The molecular weight excluding hydrogens is 424 g/mol. The predicted molar refractivity (Wildman–Crippen MR) is 120 cm³/mol. The molecule has 0 bridgehead atoms. The van der Waals surface area contributed by atoms with Crippen molar-refractivity contribution in [2.24, 2.45) is 17.8 Å². The van der Waals surface area contributed by atoms with Crippen molar-refractivity contribution in [1.29, 1.82) is 0 Å². The summed E-state index contributed by atoms with van der Waals surface area (Å²) in [5.41, 5.74) is 6.88. The van der Waals surface area contributed by atoms with Gasteiger partial charge in [-0.25, -0.2) is 15.3 Å². The maximum Gasteiger partial charge on any atom is 0.343 e. The molecule has 0 saturated carbocycles. The zero-order chi connectivity index (χ0) is 24.0. The van der Waals surface area contributed by atoms with Crippen LogP contribution in [-0.2, 0) is 20.8 Å². The number of carbonyl (C=O) groups excluding carboxylic acids is 4. The van der Waals surface area contributed by atoms with Gasteiger partial charge in [-0.1, -0.05) is 68.4 Å². The number of nitrogens with zero attached hydrogens (tertiary/aromatic N) is 1. The average molecular weight is 453 g/mol. The predicted octanol–water partition coefficient (Wildman–Crippen LogP) is 2.26. The fourth-order valence-corrected chi connectivity index (χ4v) is 4.04. The number of hydroxylamine groups is 1. The molecule has 1 fully saturated rings. The molecule has 1 heterocycles. The van der Waals surface area contributed by atoms with Gasteiger partial charge in [-0.2, -0.15) is 0 Å². The van der Waals surface area contributed by atoms with Crippen molar-refractivity contribution < 1.29 is 24.4 Å². The number of benzene rings is 2. The molecule has 174 valence electrons. The Hall–Kier alpha value is -3.72. The molecule has 4 N–H and O–H groups in total. The molecule has 9 heteroatoms. The van der Waals surface area contributed by atoms with Crippen LogP contribution in [0.4, 0.5) is 4.79 Å². The zero-order valence-electron chi connectivity index (χ0n) is 18.6. The van der Waals surface area contributed by atoms with Gasteiger partial charge in [-0.3, -0.25) is 30.3 Å². The maximum atomic E-state index is 13.2. The highest BCUT2D eigenvalue weighted by Crippen LogP contribution is 2.30. The second-order valence-electron chi connectivity index (χ2n) is 8.46. The topological polar surface area (TPSA) is 128 Å². The summed E-state index contributed by atoms with van der Waals surface area (Å²) in [5, 5.41) is 12.4. The van der Waals surface area contributed by atoms with Gasteiger partial charge in [0.2, 0.25) is 17.7 Å². The average Bonchev–Trinajstić information content (AvgIpc) is 3.12. The number of nitrogens with one attached hydrogen (secondary N) is 3. The van der Waals surface area contributed by atoms with Crippen LogP contribution >= 0.6 is 0 Å². The van der Waals surface area contributed by atoms with Crippen molar-refractivity contribution in [1.82, 2.24) is 21.2 Å². The summed E-state index contributed by atoms with van der Waals surface area (Å²) < 4.78 is 0. The van der Waals surface area contributed by atoms with E-state index in [1.54, 1.807) is 5.48 Å². The Morgan fingerprint density at radius 3 is 2.27 bits per heavy atom. The summed E-state index contributed by atoms with van der Waals surface area (Å²) >= 11 is 0. The molecule has 0 aromatic heterocycles. The first-order valence-corrected chi connectivity index (χ1v) is 10.8. The number of amides is 5. The van der Waals surface area contributed by atoms with Gasteiger partial charge in [0, 0.05) is 0 Å². The van der Waals surface area contributed by atoms with Gasteiger partial charge < -0.3 is 0 Å². The van der Waals surface area contributed by atoms with Gasteiger partial charge >= 0.3 is 6.03 Å². The summed E-state index contributed by atoms with van der Waals surface area (Å²) in [5.74, 6) is -3.51. The van der Waals surface area contributed by atoms with Crippen LogP contribution < -0.4 is 16.2 Å². The van der Waals surface area contributed by atoms with E-state index in [9.17, 15) is 24.4 Å². The standard InChI is InChI=1S/C24H28N4O5/c1-15(2)12-19(22(30)26-28-14-21(29)25-24(28)32)20(23(31)27-33)13-17-10-6-7-11-18(17)16-8-4-3-5-9-16/h3-11,15,19-20,33H,12-14H2,1-2H3,(H,26,30)(H,27,31)(H,25,29,32)/t19-,20+/m1/s1. The van der Waals surface area contributed by atoms with Crippen molar-refractivity contribution in [2.75, 3.05) is 6.54 Å². The van der Waals surface area contributed by atoms with Crippen LogP contribution in [0.15, 0.2) is 54.6 Å². The van der Waals surface area contributed by atoms with E-state index in [-0.39, 0.29) is 18.9 Å². The quantitative estimate of drug-likeness (QED) is 0.264. The van der Waals surface area contributed by atoms with Crippen molar-refractivity contribution >= 4 is 23.8 Å². The summed E-state index contributed by atoms with van der Waals surface area (Å²) in [6.45, 7) is 3.53. The summed E-state index contributed by atoms with van der Waals surface area (Å²) in [4.78, 5) is 49.3. The van der Waals surface area contributed by atoms with Crippen LogP contribution in [0.3, 0.4) is 0 Å². The van der Waals surface area contributed by atoms with E-state index in [2.05, 4.69) is 10.7 Å². The van der Waals surface area contributed by atoms with Gasteiger partial charge in [0.25, 0.3) is 0 Å². The van der Waals surface area contributed by atoms with Crippen LogP contribution in [0.5, 0.6) is 0 Å². The first-order valence-electron chi connectivity index (χ1n) is 10.8. The Morgan fingerprint density at radius 1 is 1.00 bits per heavy atom. The lowest BCUT2D eigenvalue weighted by molar-refractivity contribution is -0.142. The number of hydrogen-bond donors (Lipinski definition) is 4. The molecule has 5 amide bonds. The van der Waals surface area contributed by atoms with Crippen LogP contribution in [0.1, 0.15) is 25.8 Å². The lowest BCUT2D eigenvalue weighted by Gasteiger charge is -2.28. The first kappa shape index (κ1) is 23.9. The molecule has 0 unspecified atom stereocenters. The molecular formula is C24H28N4O5. The smallest absolute Gasteiger partial charge is 0.289 e. The Labute approximate surface area is 192 Å². The molecule has 0 aliphatic carbocycles. The van der Waals surface area contributed by atoms with E-state index < -0.39 is 35.6 Å². The van der Waals surface area contributed by atoms with E-state index in [0.29, 0.717) is 6.42 Å². The van der Waals surface area contributed by atoms with Gasteiger partial charge in [-0.15, -0.1) is 0 Å². The van der Waals surface area contributed by atoms with Crippen LogP contribution in [0, 0.1) is 17.8 Å². The number of carbonyl (C=O) groups is 4. The van der Waals surface area contributed by atoms with E-state index >= 15 is 0 Å². The van der Waals surface area contributed by atoms with Crippen molar-refractivity contribution in [3.05, 3.63) is 60.2 Å². The molecule has 2 aromatic carbocycles. The van der Waals surface area contributed by atoms with Gasteiger partial charge in [0.1, 0.15) is 6.54 Å². The highest BCUT2D eigenvalue weighted by Gasteiger charge is 2.37. The largest absolute Gasteiger partial charge is 0.343 e. The van der Waals surface area contributed by atoms with Crippen LogP contribution in [0.25, 0.3) is 11.1 Å². The molecule has 0 radical (unpaired) electrons. The Balaban J connectivity index is 1.92. The van der Waals surface area contributed by atoms with Crippen LogP contribution in [0.2, 0.25) is 0 Å². The monoisotopic (exact) mass is 452 g/mol. The Kier molecular flexibility index (Phi) is 7.78. The van der Waals surface area contributed by atoms with E-state index in [4.69, 9.17) is 0 Å². The van der Waals surface area contributed by atoms with Gasteiger partial charge in [0.15, 0.2) is 0 Å². The highest BCUT2D eigenvalue weighted by molar-refractivity contribution is 6.02. The minimum Gasteiger partial charge on any atom is -0.289 e. The molecule has 1 aliphatic rings. The lowest BCUT2D eigenvalue weighted by atomic mass is 9.79. The van der Waals surface area contributed by atoms with Crippen LogP contribution in [-0.4, -0.2) is 40.5 Å². The second-order valence-corrected chi connectivity index (χ2v) is 8.46. The van der Waals surface area contributed by atoms with Crippen molar-refractivity contribution in [2.45, 2.75) is 26.7 Å². The molecule has 9 nitrogen and oxygen atoms in total. The Bertz CT molecular complexity index is 1020. The van der Waals surface area contributed by atoms with Gasteiger partial charge in [-0.05, 0) is 35.4 Å². The number of urea groups is 1. The van der Waals surface area contributed by atoms with E-state index in [1.807, 2.05) is 68.4 Å². The van der Waals surface area contributed by atoms with Crippen molar-refractivity contribution in [3.63, 3.8) is 0 Å². The Morgan fingerprint density at radius 2 is 1.67 bits per heavy atom. The number of imide groups is 1. The molecule has 0 spiro atoms. The second kappa shape index (κ2) is 10.7. The third-order valence-corrected chi connectivity index (χ3v) is 5.58. The van der Waals surface area contributed by atoms with E-state index in [1.165, 1.54) is 0 Å². The van der Waals surface area contributed by atoms with Gasteiger partial charge in [0.05, 0.1) is 11.8 Å². The summed E-state index contributed by atoms with van der Waals surface area (Å²) in [6, 6.07) is 16.5. The molecule has 2 aromatic rings. The SMILES string of the molecule is CC(C)C[C@@H](C(=O)NN1CC(=O)NC1=O)[C@H](Cc1ccccc1-c1ccccc1)C(=O)NO. The number of hydrazine groups is 1. The minimum absolute atomic E-state index is 0.0492. The minimum atomic E-state index is -0.913. The molecule has 1 saturated heterocycles. The normalized spacial score (nSPS) is 15.2. The first-order chi connectivity index (χ1) is 15.8. The summed E-state index contributed by atoms with van der Waals surface area (Å²) in [6.07, 6.45) is 0.522. The highest BCUT2D eigenvalue weighted by atomic mass is 16.5.